The van der Waals surface area contributed by atoms with E-state index < -0.39 is 16.1 Å². The molecule has 0 N–H and O–H groups in total. The van der Waals surface area contributed by atoms with Crippen molar-refractivity contribution in [3.05, 3.63) is 53.1 Å². The quantitative estimate of drug-likeness (QED) is 0.709. The summed E-state index contributed by atoms with van der Waals surface area (Å²) < 4.78 is 39.1. The van der Waals surface area contributed by atoms with E-state index in [0.717, 1.165) is 11.1 Å². The topological polar surface area (TPSA) is 76.2 Å². The fraction of sp³-hybridized carbons (Fsp3) is 0.435. The molecular weight excluding hydrogens is 416 g/mol. The zero-order chi connectivity index (χ0) is 22.2. The third kappa shape index (κ3) is 4.27. The van der Waals surface area contributed by atoms with Crippen LogP contribution in [0.15, 0.2) is 41.3 Å². The Labute approximate surface area is 183 Å². The normalized spacial score (nSPS) is 18.7. The van der Waals surface area contributed by atoms with E-state index in [9.17, 15) is 13.2 Å². The third-order valence-corrected chi connectivity index (χ3v) is 7.79. The van der Waals surface area contributed by atoms with Gasteiger partial charge in [-0.05, 0) is 49.9 Å². The number of nitrogens with zero attached hydrogens (tertiary/aromatic N) is 2. The number of amides is 1. The van der Waals surface area contributed by atoms with Crippen molar-refractivity contribution in [3.8, 4) is 11.5 Å². The summed E-state index contributed by atoms with van der Waals surface area (Å²) in [5.74, 6) is 0.771. The van der Waals surface area contributed by atoms with Gasteiger partial charge in [0.1, 0.15) is 19.3 Å². The van der Waals surface area contributed by atoms with E-state index in [4.69, 9.17) is 9.47 Å². The van der Waals surface area contributed by atoms with E-state index in [1.54, 1.807) is 18.0 Å². The Morgan fingerprint density at radius 3 is 2.58 bits per heavy atom. The summed E-state index contributed by atoms with van der Waals surface area (Å²) in [6.45, 7) is 5.64. The Balaban J connectivity index is 1.54. The minimum atomic E-state index is -3.84. The highest BCUT2D eigenvalue weighted by Gasteiger charge is 2.41. The van der Waals surface area contributed by atoms with Gasteiger partial charge in [0.2, 0.25) is 15.9 Å². The molecule has 0 saturated carbocycles. The highest BCUT2D eigenvalue weighted by molar-refractivity contribution is 7.89. The van der Waals surface area contributed by atoms with Crippen molar-refractivity contribution in [1.29, 1.82) is 0 Å². The van der Waals surface area contributed by atoms with Crippen LogP contribution < -0.4 is 9.47 Å². The first kappa shape index (κ1) is 21.6. The summed E-state index contributed by atoms with van der Waals surface area (Å²) in [5, 5.41) is 0. The number of hydrogen-bond donors (Lipinski definition) is 0. The Bertz CT molecular complexity index is 1100. The molecule has 31 heavy (non-hydrogen) atoms. The van der Waals surface area contributed by atoms with Crippen molar-refractivity contribution < 1.29 is 22.7 Å². The summed E-state index contributed by atoms with van der Waals surface area (Å²) in [7, 11) is -2.11. The number of aryl methyl sites for hydroxylation is 2. The van der Waals surface area contributed by atoms with Crippen molar-refractivity contribution in [2.45, 2.75) is 44.2 Å². The van der Waals surface area contributed by atoms with Gasteiger partial charge >= 0.3 is 0 Å². The lowest BCUT2D eigenvalue weighted by Gasteiger charge is -2.28. The molecule has 1 atom stereocenters. The molecule has 2 aliphatic rings. The number of sulfonamides is 1. The lowest BCUT2D eigenvalue weighted by molar-refractivity contribution is -0.133. The zero-order valence-corrected chi connectivity index (χ0v) is 18.9. The molecule has 0 bridgehead atoms. The number of ether oxygens (including phenoxy) is 2. The molecule has 7 nitrogen and oxygen atoms in total. The molecule has 1 unspecified atom stereocenters. The van der Waals surface area contributed by atoms with Crippen LogP contribution in [0.25, 0.3) is 0 Å². The maximum atomic E-state index is 13.4. The number of hydrogen-bond acceptors (Lipinski definition) is 5. The van der Waals surface area contributed by atoms with E-state index in [1.165, 1.54) is 22.0 Å². The summed E-state index contributed by atoms with van der Waals surface area (Å²) in [6, 6.07) is 10.0. The second-order valence-electron chi connectivity index (χ2n) is 8.20. The minimum Gasteiger partial charge on any atom is -0.486 e. The molecule has 1 saturated heterocycles. The smallest absolute Gasteiger partial charge is 0.243 e. The fourth-order valence-corrected chi connectivity index (χ4v) is 5.87. The first-order valence-electron chi connectivity index (χ1n) is 10.5. The third-order valence-electron chi connectivity index (χ3n) is 5.89. The van der Waals surface area contributed by atoms with E-state index in [0.29, 0.717) is 50.6 Å². The lowest BCUT2D eigenvalue weighted by atomic mass is 10.1. The number of carbonyl (C=O) groups excluding carboxylic acids is 1. The molecule has 4 rings (SSSR count). The van der Waals surface area contributed by atoms with Crippen LogP contribution in [0.2, 0.25) is 0 Å². The highest BCUT2D eigenvalue weighted by Crippen LogP contribution is 2.35. The zero-order valence-electron chi connectivity index (χ0n) is 18.1. The van der Waals surface area contributed by atoms with Crippen molar-refractivity contribution in [2.24, 2.45) is 0 Å². The van der Waals surface area contributed by atoms with Crippen LogP contribution in [0.4, 0.5) is 0 Å². The number of benzene rings is 2. The van der Waals surface area contributed by atoms with Gasteiger partial charge in [0.05, 0.1) is 4.90 Å². The van der Waals surface area contributed by atoms with Crippen LogP contribution in [-0.2, 0) is 21.4 Å². The molecule has 2 aliphatic heterocycles. The standard InChI is InChI=1S/C23H28N2O5S/c1-16-6-7-18(17(2)13-16)15-24(3)23(26)20-5-4-10-25(20)31(27,28)19-8-9-21-22(14-19)30-12-11-29-21/h6-9,13-14,20H,4-5,10-12,15H2,1-3H3. The van der Waals surface area contributed by atoms with Gasteiger partial charge < -0.3 is 14.4 Å². The Morgan fingerprint density at radius 1 is 1.10 bits per heavy atom. The van der Waals surface area contributed by atoms with Gasteiger partial charge in [-0.2, -0.15) is 4.31 Å². The summed E-state index contributed by atoms with van der Waals surface area (Å²) in [5.41, 5.74) is 3.34. The van der Waals surface area contributed by atoms with Gasteiger partial charge in [-0.3, -0.25) is 4.79 Å². The molecule has 166 valence electrons. The van der Waals surface area contributed by atoms with E-state index >= 15 is 0 Å². The number of carbonyl (C=O) groups is 1. The molecule has 8 heteroatoms. The monoisotopic (exact) mass is 444 g/mol. The molecule has 1 amide bonds. The van der Waals surface area contributed by atoms with Crippen molar-refractivity contribution >= 4 is 15.9 Å². The maximum absolute atomic E-state index is 13.4. The second kappa shape index (κ2) is 8.51. The minimum absolute atomic E-state index is 0.119. The number of rotatable bonds is 5. The van der Waals surface area contributed by atoms with Crippen LogP contribution in [-0.4, -0.2) is 56.4 Å². The largest absolute Gasteiger partial charge is 0.486 e. The fourth-order valence-electron chi connectivity index (χ4n) is 4.21. The number of likely N-dealkylation sites (N-methyl/N-ethyl adjacent to an activating group) is 1. The molecule has 0 spiro atoms. The first-order valence-corrected chi connectivity index (χ1v) is 11.9. The predicted octanol–water partition coefficient (Wildman–Crippen LogP) is 2.89. The molecule has 2 aromatic rings. The van der Waals surface area contributed by atoms with Crippen LogP contribution in [0.1, 0.15) is 29.5 Å². The van der Waals surface area contributed by atoms with Crippen molar-refractivity contribution in [2.75, 3.05) is 26.8 Å². The summed E-state index contributed by atoms with van der Waals surface area (Å²) >= 11 is 0. The van der Waals surface area contributed by atoms with E-state index in [1.807, 2.05) is 26.0 Å². The van der Waals surface area contributed by atoms with E-state index in [-0.39, 0.29) is 10.8 Å². The Morgan fingerprint density at radius 2 is 1.84 bits per heavy atom. The molecule has 2 heterocycles. The Hall–Kier alpha value is -2.58. The van der Waals surface area contributed by atoms with Gasteiger partial charge in [0.25, 0.3) is 0 Å². The molecular formula is C23H28N2O5S. The van der Waals surface area contributed by atoms with Crippen LogP contribution in [0.5, 0.6) is 11.5 Å². The maximum Gasteiger partial charge on any atom is 0.243 e. The Kier molecular flexibility index (Phi) is 5.94. The summed E-state index contributed by atoms with van der Waals surface area (Å²) in [6.07, 6.45) is 1.16. The average Bonchev–Trinajstić information content (AvgIpc) is 3.25. The van der Waals surface area contributed by atoms with Gasteiger partial charge in [-0.15, -0.1) is 0 Å². The van der Waals surface area contributed by atoms with Crippen molar-refractivity contribution in [1.82, 2.24) is 9.21 Å². The SMILES string of the molecule is Cc1ccc(CN(C)C(=O)C2CCCN2S(=O)(=O)c2ccc3c(c2)OCCO3)c(C)c1. The van der Waals surface area contributed by atoms with Crippen LogP contribution in [0.3, 0.4) is 0 Å². The van der Waals surface area contributed by atoms with Gasteiger partial charge in [0.15, 0.2) is 11.5 Å². The summed E-state index contributed by atoms with van der Waals surface area (Å²) in [4.78, 5) is 15.0. The average molecular weight is 445 g/mol. The van der Waals surface area contributed by atoms with Gasteiger partial charge in [-0.25, -0.2) is 8.42 Å². The van der Waals surface area contributed by atoms with Crippen LogP contribution >= 0.6 is 0 Å². The lowest BCUT2D eigenvalue weighted by Crippen LogP contribution is -2.46. The van der Waals surface area contributed by atoms with E-state index in [2.05, 4.69) is 6.07 Å². The molecule has 0 radical (unpaired) electrons. The first-order chi connectivity index (χ1) is 14.8. The molecule has 1 fully saturated rings. The second-order valence-corrected chi connectivity index (χ2v) is 10.1. The molecule has 0 aromatic heterocycles. The van der Waals surface area contributed by atoms with Gasteiger partial charge in [-0.1, -0.05) is 23.8 Å². The predicted molar refractivity (Wildman–Crippen MR) is 117 cm³/mol. The number of fused-ring (bicyclic) bond motifs is 1. The molecule has 2 aromatic carbocycles. The molecule has 0 aliphatic carbocycles. The highest BCUT2D eigenvalue weighted by atomic mass is 32.2. The van der Waals surface area contributed by atoms with Crippen molar-refractivity contribution in [3.63, 3.8) is 0 Å². The van der Waals surface area contributed by atoms with Gasteiger partial charge in [0, 0.05) is 26.2 Å². The van der Waals surface area contributed by atoms with Crippen LogP contribution in [0, 0.1) is 13.8 Å².